The molecule has 1 aromatic heterocycles. The van der Waals surface area contributed by atoms with Gasteiger partial charge in [-0.25, -0.2) is 4.98 Å². The third kappa shape index (κ3) is 6.07. The molecule has 1 aliphatic rings. The number of carbonyl (C=O) groups is 2. The minimum Gasteiger partial charge on any atom is -0.353 e. The van der Waals surface area contributed by atoms with Crippen LogP contribution in [-0.2, 0) is 17.8 Å². The molecule has 0 radical (unpaired) electrons. The zero-order chi connectivity index (χ0) is 24.6. The summed E-state index contributed by atoms with van der Waals surface area (Å²) < 4.78 is 0. The number of aromatic nitrogens is 1. The zero-order valence-electron chi connectivity index (χ0n) is 19.2. The lowest BCUT2D eigenvalue weighted by molar-refractivity contribution is -0.385. The SMILES string of the molecule is O=CC(Cc1ccccc1)NC(=O)c1cccnc1N1CCN(Cc2ccccc2[N+](=O)[O-])CC1. The molecule has 0 aliphatic carbocycles. The average molecular weight is 474 g/mol. The van der Waals surface area contributed by atoms with Gasteiger partial charge in [0.2, 0.25) is 0 Å². The Balaban J connectivity index is 1.40. The van der Waals surface area contributed by atoms with Crippen LogP contribution in [0.1, 0.15) is 21.5 Å². The topological polar surface area (TPSA) is 109 Å². The lowest BCUT2D eigenvalue weighted by Gasteiger charge is -2.36. The quantitative estimate of drug-likeness (QED) is 0.289. The number of rotatable bonds is 9. The van der Waals surface area contributed by atoms with Crippen molar-refractivity contribution in [3.05, 3.63) is 99.7 Å². The largest absolute Gasteiger partial charge is 0.353 e. The van der Waals surface area contributed by atoms with Crippen molar-refractivity contribution in [2.75, 3.05) is 31.1 Å². The van der Waals surface area contributed by atoms with Gasteiger partial charge in [0.05, 0.1) is 16.5 Å². The van der Waals surface area contributed by atoms with Gasteiger partial charge in [0, 0.05) is 50.6 Å². The van der Waals surface area contributed by atoms with Crippen molar-refractivity contribution in [3.63, 3.8) is 0 Å². The number of benzene rings is 2. The second kappa shape index (κ2) is 11.3. The van der Waals surface area contributed by atoms with Gasteiger partial charge in [0.1, 0.15) is 12.1 Å². The average Bonchev–Trinajstić information content (AvgIpc) is 2.89. The van der Waals surface area contributed by atoms with Crippen LogP contribution in [0.5, 0.6) is 0 Å². The number of aldehydes is 1. The van der Waals surface area contributed by atoms with E-state index in [0.29, 0.717) is 56.1 Å². The molecule has 4 rings (SSSR count). The van der Waals surface area contributed by atoms with Gasteiger partial charge in [0.25, 0.3) is 11.6 Å². The highest BCUT2D eigenvalue weighted by molar-refractivity contribution is 6.00. The van der Waals surface area contributed by atoms with Gasteiger partial charge in [0.15, 0.2) is 0 Å². The lowest BCUT2D eigenvalue weighted by Crippen LogP contribution is -2.47. The highest BCUT2D eigenvalue weighted by atomic mass is 16.6. The summed E-state index contributed by atoms with van der Waals surface area (Å²) in [5, 5.41) is 14.1. The van der Waals surface area contributed by atoms with Crippen LogP contribution in [0.4, 0.5) is 11.5 Å². The first kappa shape index (κ1) is 24.0. The van der Waals surface area contributed by atoms with Crippen molar-refractivity contribution in [2.24, 2.45) is 0 Å². The van der Waals surface area contributed by atoms with Crippen LogP contribution >= 0.6 is 0 Å². The van der Waals surface area contributed by atoms with E-state index in [0.717, 1.165) is 11.8 Å². The minimum atomic E-state index is -0.642. The summed E-state index contributed by atoms with van der Waals surface area (Å²) in [6, 6.07) is 19.1. The molecule has 35 heavy (non-hydrogen) atoms. The molecule has 1 amide bonds. The van der Waals surface area contributed by atoms with Gasteiger partial charge in [-0.15, -0.1) is 0 Å². The fourth-order valence-electron chi connectivity index (χ4n) is 4.25. The summed E-state index contributed by atoms with van der Waals surface area (Å²) >= 11 is 0. The number of piperazine rings is 1. The normalized spacial score (nSPS) is 14.8. The molecule has 0 spiro atoms. The number of carbonyl (C=O) groups excluding carboxylic acids is 2. The number of para-hydroxylation sites is 1. The maximum Gasteiger partial charge on any atom is 0.273 e. The highest BCUT2D eigenvalue weighted by Crippen LogP contribution is 2.23. The van der Waals surface area contributed by atoms with Crippen molar-refractivity contribution in [2.45, 2.75) is 19.0 Å². The number of anilines is 1. The van der Waals surface area contributed by atoms with Gasteiger partial charge < -0.3 is 15.0 Å². The molecule has 1 aliphatic heterocycles. The number of pyridine rings is 1. The Morgan fingerprint density at radius 2 is 1.74 bits per heavy atom. The minimum absolute atomic E-state index is 0.124. The Bertz CT molecular complexity index is 1180. The molecule has 1 saturated heterocycles. The van der Waals surface area contributed by atoms with Crippen molar-refractivity contribution in [1.82, 2.24) is 15.2 Å². The van der Waals surface area contributed by atoms with Gasteiger partial charge in [-0.3, -0.25) is 19.8 Å². The molecule has 1 unspecified atom stereocenters. The number of nitrogens with one attached hydrogen (secondary N) is 1. The Morgan fingerprint density at radius 3 is 2.46 bits per heavy atom. The van der Waals surface area contributed by atoms with E-state index in [2.05, 4.69) is 15.2 Å². The molecule has 9 nitrogen and oxygen atoms in total. The van der Waals surface area contributed by atoms with E-state index in [-0.39, 0.29) is 16.5 Å². The van der Waals surface area contributed by atoms with Crippen LogP contribution < -0.4 is 10.2 Å². The molecule has 1 atom stereocenters. The second-order valence-electron chi connectivity index (χ2n) is 8.43. The van der Waals surface area contributed by atoms with Gasteiger partial charge >= 0.3 is 0 Å². The molecule has 3 aromatic rings. The fourth-order valence-corrected chi connectivity index (χ4v) is 4.25. The number of nitro groups is 1. The van der Waals surface area contributed by atoms with Crippen LogP contribution in [0, 0.1) is 10.1 Å². The van der Waals surface area contributed by atoms with E-state index >= 15 is 0 Å². The summed E-state index contributed by atoms with van der Waals surface area (Å²) in [7, 11) is 0. The predicted octanol–water partition coefficient (Wildman–Crippen LogP) is 2.85. The monoisotopic (exact) mass is 473 g/mol. The highest BCUT2D eigenvalue weighted by Gasteiger charge is 2.25. The zero-order valence-corrected chi connectivity index (χ0v) is 19.2. The number of nitrogens with zero attached hydrogens (tertiary/aromatic N) is 4. The molecule has 0 bridgehead atoms. The molecule has 1 fully saturated rings. The van der Waals surface area contributed by atoms with E-state index in [1.807, 2.05) is 41.3 Å². The molecule has 0 saturated carbocycles. The fraction of sp³-hybridized carbons (Fsp3) is 0.269. The molecular formula is C26H27N5O4. The summed E-state index contributed by atoms with van der Waals surface area (Å²) in [5.74, 6) is 0.225. The smallest absolute Gasteiger partial charge is 0.273 e. The summed E-state index contributed by atoms with van der Waals surface area (Å²) in [6.07, 6.45) is 2.81. The molecule has 2 heterocycles. The molecule has 180 valence electrons. The van der Waals surface area contributed by atoms with Crippen molar-refractivity contribution in [3.8, 4) is 0 Å². The molecule has 9 heteroatoms. The van der Waals surface area contributed by atoms with Crippen LogP contribution in [0.3, 0.4) is 0 Å². The predicted molar refractivity (Wildman–Crippen MR) is 132 cm³/mol. The Hall–Kier alpha value is -4.11. The summed E-state index contributed by atoms with van der Waals surface area (Å²) in [6.45, 7) is 3.09. The van der Waals surface area contributed by atoms with Crippen LogP contribution in [-0.4, -0.2) is 59.2 Å². The third-order valence-electron chi connectivity index (χ3n) is 6.06. The first-order valence-corrected chi connectivity index (χ1v) is 11.5. The Labute approximate surface area is 203 Å². The maximum absolute atomic E-state index is 13.1. The number of hydrogen-bond acceptors (Lipinski definition) is 7. The lowest BCUT2D eigenvalue weighted by atomic mass is 10.1. The van der Waals surface area contributed by atoms with E-state index in [1.165, 1.54) is 6.07 Å². The van der Waals surface area contributed by atoms with E-state index in [1.54, 1.807) is 30.5 Å². The number of nitro benzene ring substituents is 1. The number of amides is 1. The second-order valence-corrected chi connectivity index (χ2v) is 8.43. The standard InChI is InChI=1S/C26H27N5O4/c32-19-22(17-20-7-2-1-3-8-20)28-26(33)23-10-6-12-27-25(23)30-15-13-29(14-16-30)18-21-9-4-5-11-24(21)31(34)35/h1-12,19,22H,13-18H2,(H,28,33). The maximum atomic E-state index is 13.1. The summed E-state index contributed by atoms with van der Waals surface area (Å²) in [5.41, 5.74) is 2.19. The Kier molecular flexibility index (Phi) is 7.79. The van der Waals surface area contributed by atoms with Crippen molar-refractivity contribution in [1.29, 1.82) is 0 Å². The van der Waals surface area contributed by atoms with Gasteiger partial charge in [-0.05, 0) is 24.1 Å². The van der Waals surface area contributed by atoms with Crippen LogP contribution in [0.25, 0.3) is 0 Å². The summed E-state index contributed by atoms with van der Waals surface area (Å²) in [4.78, 5) is 44.3. The molecule has 1 N–H and O–H groups in total. The van der Waals surface area contributed by atoms with E-state index < -0.39 is 6.04 Å². The van der Waals surface area contributed by atoms with Crippen molar-refractivity contribution >= 4 is 23.7 Å². The van der Waals surface area contributed by atoms with E-state index in [9.17, 15) is 19.7 Å². The van der Waals surface area contributed by atoms with Gasteiger partial charge in [-0.1, -0.05) is 48.5 Å². The van der Waals surface area contributed by atoms with Crippen LogP contribution in [0.15, 0.2) is 72.9 Å². The first-order chi connectivity index (χ1) is 17.0. The first-order valence-electron chi connectivity index (χ1n) is 11.5. The molecular weight excluding hydrogens is 446 g/mol. The van der Waals surface area contributed by atoms with Crippen LogP contribution in [0.2, 0.25) is 0 Å². The third-order valence-corrected chi connectivity index (χ3v) is 6.06. The molecule has 2 aromatic carbocycles. The number of hydrogen-bond donors (Lipinski definition) is 1. The Morgan fingerprint density at radius 1 is 1.03 bits per heavy atom. The van der Waals surface area contributed by atoms with Gasteiger partial charge in [-0.2, -0.15) is 0 Å². The van der Waals surface area contributed by atoms with Crippen molar-refractivity contribution < 1.29 is 14.5 Å². The van der Waals surface area contributed by atoms with E-state index in [4.69, 9.17) is 0 Å².